The SMILES string of the molecule is COC(=O)C(O)C(O)c1cc(N)cnc1Cl. The molecule has 0 bridgehead atoms. The summed E-state index contributed by atoms with van der Waals surface area (Å²) in [4.78, 5) is 14.7. The number of nitrogen functional groups attached to an aromatic ring is 1. The minimum atomic E-state index is -1.73. The van der Waals surface area contributed by atoms with Crippen LogP contribution in [0.3, 0.4) is 0 Å². The maximum absolute atomic E-state index is 11.0. The molecule has 1 heterocycles. The van der Waals surface area contributed by atoms with Gasteiger partial charge in [0.05, 0.1) is 19.0 Å². The molecule has 0 saturated heterocycles. The first-order chi connectivity index (χ1) is 7.47. The van der Waals surface area contributed by atoms with Gasteiger partial charge in [0, 0.05) is 5.56 Å². The van der Waals surface area contributed by atoms with Gasteiger partial charge in [-0.05, 0) is 6.07 Å². The van der Waals surface area contributed by atoms with Crippen LogP contribution in [0.4, 0.5) is 5.69 Å². The maximum Gasteiger partial charge on any atom is 0.337 e. The molecule has 6 nitrogen and oxygen atoms in total. The summed E-state index contributed by atoms with van der Waals surface area (Å²) in [6.45, 7) is 0. The number of aromatic nitrogens is 1. The first-order valence-corrected chi connectivity index (χ1v) is 4.70. The third-order valence-corrected chi connectivity index (χ3v) is 2.26. The zero-order chi connectivity index (χ0) is 12.3. The summed E-state index contributed by atoms with van der Waals surface area (Å²) in [5.74, 6) is -0.967. The normalized spacial score (nSPS) is 14.2. The smallest absolute Gasteiger partial charge is 0.337 e. The second-order valence-corrected chi connectivity index (χ2v) is 3.42. The van der Waals surface area contributed by atoms with Gasteiger partial charge in [-0.15, -0.1) is 0 Å². The van der Waals surface area contributed by atoms with Gasteiger partial charge in [0.2, 0.25) is 0 Å². The summed E-state index contributed by atoms with van der Waals surface area (Å²) in [5.41, 5.74) is 5.77. The van der Waals surface area contributed by atoms with Crippen LogP contribution < -0.4 is 5.73 Å². The third-order valence-electron chi connectivity index (χ3n) is 1.95. The molecule has 0 aliphatic heterocycles. The molecule has 0 aliphatic carbocycles. The van der Waals surface area contributed by atoms with Crippen molar-refractivity contribution in [3.8, 4) is 0 Å². The minimum Gasteiger partial charge on any atom is -0.467 e. The van der Waals surface area contributed by atoms with Gasteiger partial charge in [-0.3, -0.25) is 0 Å². The Morgan fingerprint density at radius 3 is 2.81 bits per heavy atom. The monoisotopic (exact) mass is 246 g/mol. The van der Waals surface area contributed by atoms with Crippen LogP contribution in [0.1, 0.15) is 11.7 Å². The van der Waals surface area contributed by atoms with Gasteiger partial charge in [0.1, 0.15) is 11.3 Å². The van der Waals surface area contributed by atoms with E-state index in [1.165, 1.54) is 12.3 Å². The van der Waals surface area contributed by atoms with Crippen molar-refractivity contribution in [3.63, 3.8) is 0 Å². The predicted molar refractivity (Wildman–Crippen MR) is 56.6 cm³/mol. The van der Waals surface area contributed by atoms with Crippen molar-refractivity contribution in [3.05, 3.63) is 23.0 Å². The van der Waals surface area contributed by atoms with Gasteiger partial charge in [-0.2, -0.15) is 0 Å². The highest BCUT2D eigenvalue weighted by Crippen LogP contribution is 2.25. The fraction of sp³-hybridized carbons (Fsp3) is 0.333. The minimum absolute atomic E-state index is 0.0374. The number of methoxy groups -OCH3 is 1. The van der Waals surface area contributed by atoms with Crippen LogP contribution in [0.15, 0.2) is 12.3 Å². The molecule has 2 atom stereocenters. The number of pyridine rings is 1. The molecule has 0 amide bonds. The standard InChI is InChI=1S/C9H11ClN2O4/c1-16-9(15)7(14)6(13)5-2-4(11)3-12-8(5)10/h2-3,6-7,13-14H,11H2,1H3. The van der Waals surface area contributed by atoms with Crippen LogP contribution in [0.2, 0.25) is 5.15 Å². The fourth-order valence-corrected chi connectivity index (χ4v) is 1.32. The number of halogens is 1. The molecule has 16 heavy (non-hydrogen) atoms. The van der Waals surface area contributed by atoms with Gasteiger partial charge in [0.25, 0.3) is 0 Å². The lowest BCUT2D eigenvalue weighted by atomic mass is 10.1. The summed E-state index contributed by atoms with van der Waals surface area (Å²) in [5, 5.41) is 19.0. The summed E-state index contributed by atoms with van der Waals surface area (Å²) >= 11 is 5.69. The Morgan fingerprint density at radius 2 is 2.25 bits per heavy atom. The third kappa shape index (κ3) is 2.60. The van der Waals surface area contributed by atoms with Crippen LogP contribution in [-0.2, 0) is 9.53 Å². The number of rotatable bonds is 3. The van der Waals surface area contributed by atoms with E-state index >= 15 is 0 Å². The number of aliphatic hydroxyl groups excluding tert-OH is 2. The molecular weight excluding hydrogens is 236 g/mol. The second-order valence-electron chi connectivity index (χ2n) is 3.06. The Kier molecular flexibility index (Phi) is 4.05. The molecule has 7 heteroatoms. The quantitative estimate of drug-likeness (QED) is 0.507. The van der Waals surface area contributed by atoms with Crippen molar-refractivity contribution < 1.29 is 19.7 Å². The summed E-state index contributed by atoms with van der Waals surface area (Å²) in [7, 11) is 1.09. The topological polar surface area (TPSA) is 106 Å². The molecular formula is C9H11ClN2O4. The maximum atomic E-state index is 11.0. The number of nitrogens with zero attached hydrogens (tertiary/aromatic N) is 1. The Hall–Kier alpha value is -1.37. The van der Waals surface area contributed by atoms with Gasteiger partial charge < -0.3 is 20.7 Å². The highest BCUT2D eigenvalue weighted by Gasteiger charge is 2.28. The molecule has 0 saturated carbocycles. The average Bonchev–Trinajstić information content (AvgIpc) is 2.29. The van der Waals surface area contributed by atoms with E-state index in [0.717, 1.165) is 7.11 Å². The van der Waals surface area contributed by atoms with Crippen LogP contribution >= 0.6 is 11.6 Å². The summed E-state index contributed by atoms with van der Waals surface area (Å²) in [6, 6.07) is 1.33. The van der Waals surface area contributed by atoms with Gasteiger partial charge in [-0.25, -0.2) is 9.78 Å². The lowest BCUT2D eigenvalue weighted by Gasteiger charge is -2.16. The predicted octanol–water partition coefficient (Wildman–Crippen LogP) is -0.116. The van der Waals surface area contributed by atoms with Gasteiger partial charge >= 0.3 is 5.97 Å². The highest BCUT2D eigenvalue weighted by molar-refractivity contribution is 6.30. The van der Waals surface area contributed by atoms with E-state index in [2.05, 4.69) is 9.72 Å². The number of carbonyl (C=O) groups is 1. The van der Waals surface area contributed by atoms with Crippen LogP contribution in [0.5, 0.6) is 0 Å². The van der Waals surface area contributed by atoms with Crippen molar-refractivity contribution in [1.29, 1.82) is 0 Å². The Bertz CT molecular complexity index is 399. The van der Waals surface area contributed by atoms with Gasteiger partial charge in [0.15, 0.2) is 6.10 Å². The first kappa shape index (κ1) is 12.7. The zero-order valence-electron chi connectivity index (χ0n) is 8.42. The van der Waals surface area contributed by atoms with E-state index in [1.54, 1.807) is 0 Å². The molecule has 0 aromatic carbocycles. The fourth-order valence-electron chi connectivity index (χ4n) is 1.11. The molecule has 1 aromatic heterocycles. The molecule has 0 spiro atoms. The Labute approximate surface area is 96.6 Å². The molecule has 2 unspecified atom stereocenters. The number of hydrogen-bond donors (Lipinski definition) is 3. The molecule has 4 N–H and O–H groups in total. The van der Waals surface area contributed by atoms with E-state index < -0.39 is 18.2 Å². The lowest BCUT2D eigenvalue weighted by molar-refractivity contribution is -0.156. The molecule has 1 rings (SSSR count). The Morgan fingerprint density at radius 1 is 1.62 bits per heavy atom. The van der Waals surface area contributed by atoms with Crippen molar-refractivity contribution >= 4 is 23.3 Å². The average molecular weight is 247 g/mol. The van der Waals surface area contributed by atoms with Crippen LogP contribution in [0.25, 0.3) is 0 Å². The van der Waals surface area contributed by atoms with Crippen LogP contribution in [0, 0.1) is 0 Å². The van der Waals surface area contributed by atoms with Crippen molar-refractivity contribution in [1.82, 2.24) is 4.98 Å². The van der Waals surface area contributed by atoms with E-state index in [-0.39, 0.29) is 16.4 Å². The highest BCUT2D eigenvalue weighted by atomic mass is 35.5. The van der Waals surface area contributed by atoms with Gasteiger partial charge in [-0.1, -0.05) is 11.6 Å². The molecule has 1 aromatic rings. The zero-order valence-corrected chi connectivity index (χ0v) is 9.18. The van der Waals surface area contributed by atoms with E-state index in [1.807, 2.05) is 0 Å². The van der Waals surface area contributed by atoms with E-state index in [9.17, 15) is 15.0 Å². The molecule has 0 fully saturated rings. The van der Waals surface area contributed by atoms with Crippen molar-refractivity contribution in [2.75, 3.05) is 12.8 Å². The number of ether oxygens (including phenoxy) is 1. The number of esters is 1. The number of anilines is 1. The lowest BCUT2D eigenvalue weighted by Crippen LogP contribution is -2.29. The number of hydrogen-bond acceptors (Lipinski definition) is 6. The van der Waals surface area contributed by atoms with Crippen LogP contribution in [-0.4, -0.2) is 34.4 Å². The second kappa shape index (κ2) is 5.11. The van der Waals surface area contributed by atoms with Crippen molar-refractivity contribution in [2.45, 2.75) is 12.2 Å². The summed E-state index contributed by atoms with van der Waals surface area (Å²) < 4.78 is 4.28. The van der Waals surface area contributed by atoms with E-state index in [4.69, 9.17) is 17.3 Å². The molecule has 0 radical (unpaired) electrons. The number of carbonyl (C=O) groups excluding carboxylic acids is 1. The Balaban J connectivity index is 2.99. The number of aliphatic hydroxyl groups is 2. The largest absolute Gasteiger partial charge is 0.467 e. The first-order valence-electron chi connectivity index (χ1n) is 4.32. The van der Waals surface area contributed by atoms with E-state index in [0.29, 0.717) is 0 Å². The van der Waals surface area contributed by atoms with Crippen molar-refractivity contribution in [2.24, 2.45) is 0 Å². The number of nitrogens with two attached hydrogens (primary N) is 1. The summed E-state index contributed by atoms with van der Waals surface area (Å²) in [6.07, 6.45) is -1.97. The molecule has 0 aliphatic rings. The molecule has 88 valence electrons.